The average molecular weight is 350 g/mol. The molecule has 132 valence electrons. The number of halogens is 1. The highest BCUT2D eigenvalue weighted by Crippen LogP contribution is 2.16. The van der Waals surface area contributed by atoms with E-state index in [1.807, 2.05) is 30.3 Å². The van der Waals surface area contributed by atoms with E-state index in [1.54, 1.807) is 24.3 Å². The van der Waals surface area contributed by atoms with E-state index in [0.29, 0.717) is 30.1 Å². The van der Waals surface area contributed by atoms with E-state index in [1.165, 1.54) is 24.3 Å². The van der Waals surface area contributed by atoms with Gasteiger partial charge in [-0.1, -0.05) is 18.2 Å². The largest absolute Gasteiger partial charge is 0.493 e. The van der Waals surface area contributed by atoms with Crippen LogP contribution in [0.15, 0.2) is 78.9 Å². The SMILES string of the molecule is O=C(c1ccc(F)cc1)c1ccc(OCCCOc2ccccc2)cc1. The van der Waals surface area contributed by atoms with Crippen molar-refractivity contribution in [2.24, 2.45) is 0 Å². The van der Waals surface area contributed by atoms with E-state index in [2.05, 4.69) is 0 Å². The number of carbonyl (C=O) groups excluding carboxylic acids is 1. The molecule has 3 aromatic carbocycles. The van der Waals surface area contributed by atoms with Gasteiger partial charge in [-0.25, -0.2) is 4.39 Å². The lowest BCUT2D eigenvalue weighted by Crippen LogP contribution is -2.05. The van der Waals surface area contributed by atoms with Crippen molar-refractivity contribution in [1.29, 1.82) is 0 Å². The molecule has 0 saturated carbocycles. The summed E-state index contributed by atoms with van der Waals surface area (Å²) in [5.41, 5.74) is 0.995. The van der Waals surface area contributed by atoms with Crippen molar-refractivity contribution in [2.75, 3.05) is 13.2 Å². The maximum absolute atomic E-state index is 12.9. The van der Waals surface area contributed by atoms with Gasteiger partial charge in [0.25, 0.3) is 0 Å². The second kappa shape index (κ2) is 8.81. The third kappa shape index (κ3) is 4.93. The van der Waals surface area contributed by atoms with Gasteiger partial charge >= 0.3 is 0 Å². The molecule has 0 heterocycles. The highest BCUT2D eigenvalue weighted by atomic mass is 19.1. The third-order valence-electron chi connectivity index (χ3n) is 3.79. The van der Waals surface area contributed by atoms with Crippen LogP contribution in [0, 0.1) is 5.82 Å². The van der Waals surface area contributed by atoms with Gasteiger partial charge < -0.3 is 9.47 Å². The predicted molar refractivity (Wildman–Crippen MR) is 98.3 cm³/mol. The van der Waals surface area contributed by atoms with Gasteiger partial charge in [-0.05, 0) is 60.7 Å². The first kappa shape index (κ1) is 17.7. The molecule has 0 unspecified atom stereocenters. The number of carbonyl (C=O) groups is 1. The Hall–Kier alpha value is -3.14. The molecule has 0 atom stereocenters. The molecule has 0 N–H and O–H groups in total. The van der Waals surface area contributed by atoms with Crippen LogP contribution in [0.2, 0.25) is 0 Å². The molecule has 0 fully saturated rings. The van der Waals surface area contributed by atoms with E-state index in [0.717, 1.165) is 12.2 Å². The van der Waals surface area contributed by atoms with Gasteiger partial charge in [-0.2, -0.15) is 0 Å². The lowest BCUT2D eigenvalue weighted by molar-refractivity contribution is 0.103. The van der Waals surface area contributed by atoms with E-state index in [9.17, 15) is 9.18 Å². The number of ketones is 1. The van der Waals surface area contributed by atoms with Gasteiger partial charge in [0, 0.05) is 17.5 Å². The summed E-state index contributed by atoms with van der Waals surface area (Å²) in [6.45, 7) is 1.10. The predicted octanol–water partition coefficient (Wildman–Crippen LogP) is 4.90. The summed E-state index contributed by atoms with van der Waals surface area (Å²) in [6.07, 6.45) is 0.755. The Morgan fingerprint density at radius 1 is 0.692 bits per heavy atom. The van der Waals surface area contributed by atoms with Crippen molar-refractivity contribution in [3.63, 3.8) is 0 Å². The van der Waals surface area contributed by atoms with Crippen molar-refractivity contribution >= 4 is 5.78 Å². The standard InChI is InChI=1S/C22H19FO3/c23-19-11-7-17(8-12-19)22(24)18-9-13-21(14-10-18)26-16-4-15-25-20-5-2-1-3-6-20/h1-3,5-14H,4,15-16H2. The molecule has 3 rings (SSSR count). The zero-order valence-corrected chi connectivity index (χ0v) is 14.2. The molecular weight excluding hydrogens is 331 g/mol. The maximum atomic E-state index is 12.9. The maximum Gasteiger partial charge on any atom is 0.193 e. The van der Waals surface area contributed by atoms with E-state index >= 15 is 0 Å². The molecule has 26 heavy (non-hydrogen) atoms. The Morgan fingerprint density at radius 2 is 1.19 bits per heavy atom. The molecule has 0 spiro atoms. The second-order valence-corrected chi connectivity index (χ2v) is 5.72. The number of para-hydroxylation sites is 1. The van der Waals surface area contributed by atoms with Gasteiger partial charge in [0.1, 0.15) is 17.3 Å². The highest BCUT2D eigenvalue weighted by Gasteiger charge is 2.09. The first-order chi connectivity index (χ1) is 12.7. The summed E-state index contributed by atoms with van der Waals surface area (Å²) in [6, 6.07) is 22.1. The molecule has 0 saturated heterocycles. The molecule has 3 aromatic rings. The van der Waals surface area contributed by atoms with Crippen molar-refractivity contribution in [3.8, 4) is 11.5 Å². The lowest BCUT2D eigenvalue weighted by Gasteiger charge is -2.08. The van der Waals surface area contributed by atoms with E-state index < -0.39 is 0 Å². The van der Waals surface area contributed by atoms with E-state index in [4.69, 9.17) is 9.47 Å². The van der Waals surface area contributed by atoms with Gasteiger partial charge in [0.15, 0.2) is 5.78 Å². The molecular formula is C22H19FO3. The van der Waals surface area contributed by atoms with Crippen LogP contribution < -0.4 is 9.47 Å². The van der Waals surface area contributed by atoms with Crippen LogP contribution in [-0.4, -0.2) is 19.0 Å². The van der Waals surface area contributed by atoms with E-state index in [-0.39, 0.29) is 11.6 Å². The molecule has 0 aromatic heterocycles. The quantitative estimate of drug-likeness (QED) is 0.428. The Bertz CT molecular complexity index is 828. The fourth-order valence-electron chi connectivity index (χ4n) is 2.43. The number of ether oxygens (including phenoxy) is 2. The van der Waals surface area contributed by atoms with Crippen LogP contribution in [0.25, 0.3) is 0 Å². The van der Waals surface area contributed by atoms with Crippen molar-refractivity contribution in [1.82, 2.24) is 0 Å². The highest BCUT2D eigenvalue weighted by molar-refractivity contribution is 6.08. The molecule has 0 bridgehead atoms. The molecule has 0 radical (unpaired) electrons. The topological polar surface area (TPSA) is 35.5 Å². The second-order valence-electron chi connectivity index (χ2n) is 5.72. The molecule has 4 heteroatoms. The number of hydrogen-bond donors (Lipinski definition) is 0. The summed E-state index contributed by atoms with van der Waals surface area (Å²) in [4.78, 5) is 12.3. The third-order valence-corrected chi connectivity index (χ3v) is 3.79. The van der Waals surface area contributed by atoms with Gasteiger partial charge in [0.2, 0.25) is 0 Å². The zero-order valence-electron chi connectivity index (χ0n) is 14.2. The van der Waals surface area contributed by atoms with Gasteiger partial charge in [0.05, 0.1) is 13.2 Å². The van der Waals surface area contributed by atoms with Crippen molar-refractivity contribution < 1.29 is 18.7 Å². The van der Waals surface area contributed by atoms with Crippen LogP contribution >= 0.6 is 0 Å². The van der Waals surface area contributed by atoms with Gasteiger partial charge in [-0.15, -0.1) is 0 Å². The number of hydrogen-bond acceptors (Lipinski definition) is 3. The molecule has 0 aliphatic rings. The van der Waals surface area contributed by atoms with Crippen LogP contribution in [-0.2, 0) is 0 Å². The summed E-state index contributed by atoms with van der Waals surface area (Å²) in [5.74, 6) is 1.03. The Kier molecular flexibility index (Phi) is 5.99. The number of rotatable bonds is 8. The lowest BCUT2D eigenvalue weighted by atomic mass is 10.0. The summed E-state index contributed by atoms with van der Waals surface area (Å²) in [5, 5.41) is 0. The fraction of sp³-hybridized carbons (Fsp3) is 0.136. The Morgan fingerprint density at radius 3 is 1.77 bits per heavy atom. The van der Waals surface area contributed by atoms with Crippen LogP contribution in [0.4, 0.5) is 4.39 Å². The van der Waals surface area contributed by atoms with Gasteiger partial charge in [-0.3, -0.25) is 4.79 Å². The smallest absolute Gasteiger partial charge is 0.193 e. The first-order valence-corrected chi connectivity index (χ1v) is 8.43. The minimum atomic E-state index is -0.360. The normalized spacial score (nSPS) is 10.3. The average Bonchev–Trinajstić information content (AvgIpc) is 2.69. The monoisotopic (exact) mass is 350 g/mol. The summed E-state index contributed by atoms with van der Waals surface area (Å²) >= 11 is 0. The number of benzene rings is 3. The Labute approximate surface area is 152 Å². The van der Waals surface area contributed by atoms with Crippen LogP contribution in [0.3, 0.4) is 0 Å². The minimum Gasteiger partial charge on any atom is -0.493 e. The molecule has 3 nitrogen and oxygen atoms in total. The Balaban J connectivity index is 1.45. The molecule has 0 aliphatic carbocycles. The molecule has 0 amide bonds. The molecule has 0 aliphatic heterocycles. The van der Waals surface area contributed by atoms with Crippen LogP contribution in [0.5, 0.6) is 11.5 Å². The zero-order chi connectivity index (χ0) is 18.2. The fourth-order valence-corrected chi connectivity index (χ4v) is 2.43. The first-order valence-electron chi connectivity index (χ1n) is 8.43. The van der Waals surface area contributed by atoms with Crippen LogP contribution in [0.1, 0.15) is 22.3 Å². The van der Waals surface area contributed by atoms with Crippen molar-refractivity contribution in [2.45, 2.75) is 6.42 Å². The summed E-state index contributed by atoms with van der Waals surface area (Å²) in [7, 11) is 0. The summed E-state index contributed by atoms with van der Waals surface area (Å²) < 4.78 is 24.2. The minimum absolute atomic E-state index is 0.146. The van der Waals surface area contributed by atoms with Crippen molar-refractivity contribution in [3.05, 3.63) is 95.8 Å².